The summed E-state index contributed by atoms with van der Waals surface area (Å²) in [6, 6.07) is 13.8. The lowest BCUT2D eigenvalue weighted by molar-refractivity contribution is 0.627. The maximum atomic E-state index is 13.2. The zero-order valence-corrected chi connectivity index (χ0v) is 11.3. The van der Waals surface area contributed by atoms with Gasteiger partial charge in [0, 0.05) is 11.6 Å². The number of pyridine rings is 1. The van der Waals surface area contributed by atoms with Crippen LogP contribution in [0.2, 0.25) is 5.02 Å². The van der Waals surface area contributed by atoms with Gasteiger partial charge in [0.15, 0.2) is 0 Å². The Bertz CT molecular complexity index is 768. The summed E-state index contributed by atoms with van der Waals surface area (Å²) < 4.78 is 13.2. The van der Waals surface area contributed by atoms with E-state index in [1.165, 1.54) is 6.07 Å². The third-order valence-corrected chi connectivity index (χ3v) is 3.61. The van der Waals surface area contributed by atoms with Crippen LogP contribution in [0.3, 0.4) is 0 Å². The molecule has 0 spiro atoms. The predicted molar refractivity (Wildman–Crippen MR) is 79.2 cm³/mol. The van der Waals surface area contributed by atoms with Gasteiger partial charge in [0.1, 0.15) is 5.82 Å². The Morgan fingerprint density at radius 1 is 1.10 bits per heavy atom. The van der Waals surface area contributed by atoms with E-state index >= 15 is 0 Å². The molecule has 3 aromatic rings. The summed E-state index contributed by atoms with van der Waals surface area (Å²) in [5.41, 5.74) is 8.89. The number of nitrogens with zero attached hydrogens (tertiary/aromatic N) is 1. The molecule has 3 rings (SSSR count). The number of fused-ring (bicyclic) bond motifs is 1. The van der Waals surface area contributed by atoms with Gasteiger partial charge < -0.3 is 5.73 Å². The fraction of sp³-hybridized carbons (Fsp3) is 0.0625. The average molecular weight is 287 g/mol. The van der Waals surface area contributed by atoms with Gasteiger partial charge in [-0.3, -0.25) is 4.98 Å². The lowest BCUT2D eigenvalue weighted by Crippen LogP contribution is -2.12. The Kier molecular flexibility index (Phi) is 3.38. The van der Waals surface area contributed by atoms with E-state index in [4.69, 9.17) is 17.3 Å². The number of hydrogen-bond donors (Lipinski definition) is 1. The summed E-state index contributed by atoms with van der Waals surface area (Å²) >= 11 is 5.82. The van der Waals surface area contributed by atoms with Crippen molar-refractivity contribution in [2.24, 2.45) is 5.73 Å². The van der Waals surface area contributed by atoms with Gasteiger partial charge in [-0.25, -0.2) is 4.39 Å². The molecular formula is C16H12ClFN2. The third kappa shape index (κ3) is 2.26. The predicted octanol–water partition coefficient (Wildman–Crippen LogP) is 4.08. The molecule has 1 unspecified atom stereocenters. The van der Waals surface area contributed by atoms with Gasteiger partial charge in [-0.05, 0) is 35.4 Å². The molecule has 2 aromatic carbocycles. The molecule has 0 aliphatic rings. The summed E-state index contributed by atoms with van der Waals surface area (Å²) in [5, 5.41) is 1.07. The molecule has 1 heterocycles. The summed E-state index contributed by atoms with van der Waals surface area (Å²) in [6.07, 6.45) is 1.74. The number of halogens is 2. The summed E-state index contributed by atoms with van der Waals surface area (Å²) in [4.78, 5) is 4.31. The summed E-state index contributed by atoms with van der Waals surface area (Å²) in [5.74, 6) is -0.442. The van der Waals surface area contributed by atoms with E-state index < -0.39 is 5.82 Å². The number of aromatic nitrogens is 1. The van der Waals surface area contributed by atoms with Gasteiger partial charge in [0.25, 0.3) is 0 Å². The molecule has 1 aromatic heterocycles. The first-order chi connectivity index (χ1) is 9.66. The van der Waals surface area contributed by atoms with Crippen LogP contribution in [0.15, 0.2) is 54.7 Å². The fourth-order valence-electron chi connectivity index (χ4n) is 2.28. The van der Waals surface area contributed by atoms with Crippen LogP contribution in [0, 0.1) is 5.82 Å². The average Bonchev–Trinajstić information content (AvgIpc) is 2.49. The van der Waals surface area contributed by atoms with Crippen molar-refractivity contribution in [3.63, 3.8) is 0 Å². The first-order valence-corrected chi connectivity index (χ1v) is 6.59. The standard InChI is InChI=1S/C16H12ClFN2/c17-13-9-10(6-7-14(13)18)16(19)12-3-1-5-15-11(12)4-2-8-20-15/h1-9,16H,19H2. The van der Waals surface area contributed by atoms with Gasteiger partial charge in [-0.2, -0.15) is 0 Å². The third-order valence-electron chi connectivity index (χ3n) is 3.32. The van der Waals surface area contributed by atoms with Crippen molar-refractivity contribution in [3.8, 4) is 0 Å². The van der Waals surface area contributed by atoms with Gasteiger partial charge in [-0.1, -0.05) is 35.9 Å². The Balaban J connectivity index is 2.12. The van der Waals surface area contributed by atoms with Gasteiger partial charge in [0.2, 0.25) is 0 Å². The molecule has 0 amide bonds. The van der Waals surface area contributed by atoms with E-state index in [1.54, 1.807) is 18.3 Å². The summed E-state index contributed by atoms with van der Waals surface area (Å²) in [7, 11) is 0. The van der Waals surface area contributed by atoms with Gasteiger partial charge >= 0.3 is 0 Å². The van der Waals surface area contributed by atoms with Crippen LogP contribution in [-0.2, 0) is 0 Å². The molecule has 0 saturated carbocycles. The second kappa shape index (κ2) is 5.19. The Hall–Kier alpha value is -1.97. The Morgan fingerprint density at radius 3 is 2.75 bits per heavy atom. The Morgan fingerprint density at radius 2 is 1.95 bits per heavy atom. The molecule has 0 bridgehead atoms. The molecule has 0 aliphatic heterocycles. The lowest BCUT2D eigenvalue weighted by atomic mass is 9.96. The first-order valence-electron chi connectivity index (χ1n) is 6.21. The van der Waals surface area contributed by atoms with Crippen molar-refractivity contribution in [2.45, 2.75) is 6.04 Å². The van der Waals surface area contributed by atoms with Crippen LogP contribution in [0.5, 0.6) is 0 Å². The minimum Gasteiger partial charge on any atom is -0.320 e. The smallest absolute Gasteiger partial charge is 0.141 e. The van der Waals surface area contributed by atoms with Gasteiger partial charge in [0.05, 0.1) is 16.6 Å². The van der Waals surface area contributed by atoms with Crippen LogP contribution in [0.1, 0.15) is 17.2 Å². The topological polar surface area (TPSA) is 38.9 Å². The number of hydrogen-bond acceptors (Lipinski definition) is 2. The van der Waals surface area contributed by atoms with Crippen LogP contribution < -0.4 is 5.73 Å². The molecule has 4 heteroatoms. The van der Waals surface area contributed by atoms with Crippen molar-refractivity contribution in [1.29, 1.82) is 0 Å². The maximum Gasteiger partial charge on any atom is 0.141 e. The lowest BCUT2D eigenvalue weighted by Gasteiger charge is -2.15. The summed E-state index contributed by atoms with van der Waals surface area (Å²) in [6.45, 7) is 0. The first kappa shape index (κ1) is 13.0. The number of nitrogens with two attached hydrogens (primary N) is 1. The zero-order chi connectivity index (χ0) is 14.1. The molecule has 1 atom stereocenters. The fourth-order valence-corrected chi connectivity index (χ4v) is 2.47. The number of benzene rings is 2. The highest BCUT2D eigenvalue weighted by Gasteiger charge is 2.13. The minimum absolute atomic E-state index is 0.0799. The van der Waals surface area contributed by atoms with E-state index in [9.17, 15) is 4.39 Å². The Labute approximate surface area is 121 Å². The van der Waals surface area contributed by atoms with E-state index in [-0.39, 0.29) is 11.1 Å². The highest BCUT2D eigenvalue weighted by atomic mass is 35.5. The quantitative estimate of drug-likeness (QED) is 0.771. The minimum atomic E-state index is -0.442. The van der Waals surface area contributed by atoms with Crippen molar-refractivity contribution >= 4 is 22.5 Å². The van der Waals surface area contributed by atoms with Crippen LogP contribution >= 0.6 is 11.6 Å². The molecular weight excluding hydrogens is 275 g/mol. The molecule has 0 fully saturated rings. The molecule has 100 valence electrons. The van der Waals surface area contributed by atoms with Crippen molar-refractivity contribution in [1.82, 2.24) is 4.98 Å². The maximum absolute atomic E-state index is 13.2. The monoisotopic (exact) mass is 286 g/mol. The molecule has 0 saturated heterocycles. The molecule has 20 heavy (non-hydrogen) atoms. The highest BCUT2D eigenvalue weighted by molar-refractivity contribution is 6.30. The normalized spacial score (nSPS) is 12.6. The van der Waals surface area contributed by atoms with Crippen molar-refractivity contribution < 1.29 is 4.39 Å². The molecule has 2 N–H and O–H groups in total. The largest absolute Gasteiger partial charge is 0.320 e. The highest BCUT2D eigenvalue weighted by Crippen LogP contribution is 2.28. The number of rotatable bonds is 2. The van der Waals surface area contributed by atoms with Crippen molar-refractivity contribution in [2.75, 3.05) is 0 Å². The second-order valence-electron chi connectivity index (χ2n) is 4.57. The van der Waals surface area contributed by atoms with E-state index in [2.05, 4.69) is 4.98 Å². The van der Waals surface area contributed by atoms with Crippen molar-refractivity contribution in [3.05, 3.63) is 76.7 Å². The van der Waals surface area contributed by atoms with Crippen LogP contribution in [0.25, 0.3) is 10.9 Å². The van der Waals surface area contributed by atoms with Gasteiger partial charge in [-0.15, -0.1) is 0 Å². The van der Waals surface area contributed by atoms with E-state index in [0.717, 1.165) is 22.0 Å². The second-order valence-corrected chi connectivity index (χ2v) is 4.98. The SMILES string of the molecule is NC(c1ccc(F)c(Cl)c1)c1cccc2ncccc12. The van der Waals surface area contributed by atoms with E-state index in [0.29, 0.717) is 0 Å². The molecule has 2 nitrogen and oxygen atoms in total. The van der Waals surface area contributed by atoms with Crippen LogP contribution in [-0.4, -0.2) is 4.98 Å². The molecule has 0 aliphatic carbocycles. The van der Waals surface area contributed by atoms with Crippen LogP contribution in [0.4, 0.5) is 4.39 Å². The molecule has 0 radical (unpaired) electrons. The zero-order valence-electron chi connectivity index (χ0n) is 10.6. The van der Waals surface area contributed by atoms with E-state index in [1.807, 2.05) is 30.3 Å².